The number of carbonyl (C=O) groups is 1. The topological polar surface area (TPSA) is 50.2 Å². The summed E-state index contributed by atoms with van der Waals surface area (Å²) in [6, 6.07) is 5.41. The highest BCUT2D eigenvalue weighted by molar-refractivity contribution is 6.31. The molecule has 23 heavy (non-hydrogen) atoms. The number of anilines is 2. The average Bonchev–Trinajstić information content (AvgIpc) is 2.70. The Kier molecular flexibility index (Phi) is 5.11. The molecular weight excluding hydrogens is 312 g/mol. The zero-order chi connectivity index (χ0) is 17.1. The van der Waals surface area contributed by atoms with Crippen molar-refractivity contribution in [2.45, 2.75) is 13.8 Å². The Labute approximate surface area is 141 Å². The molecule has 0 aliphatic rings. The molecule has 1 heterocycles. The molecule has 0 fully saturated rings. The number of nitrogens with zero attached hydrogens (tertiary/aromatic N) is 3. The molecule has 1 amide bonds. The predicted octanol–water partition coefficient (Wildman–Crippen LogP) is 3.41. The van der Waals surface area contributed by atoms with Gasteiger partial charge in [-0.05, 0) is 38.1 Å². The van der Waals surface area contributed by atoms with Crippen molar-refractivity contribution in [1.82, 2.24) is 9.78 Å². The Balaban J connectivity index is 2.20. The number of amides is 1. The van der Waals surface area contributed by atoms with E-state index in [9.17, 15) is 4.79 Å². The van der Waals surface area contributed by atoms with E-state index in [-0.39, 0.29) is 5.91 Å². The molecule has 0 saturated carbocycles. The van der Waals surface area contributed by atoms with E-state index in [1.807, 2.05) is 46.0 Å². The van der Waals surface area contributed by atoms with Crippen molar-refractivity contribution in [2.75, 3.05) is 24.3 Å². The lowest BCUT2D eigenvalue weighted by Gasteiger charge is -2.17. The Morgan fingerprint density at radius 1 is 1.35 bits per heavy atom. The van der Waals surface area contributed by atoms with Gasteiger partial charge in [0.25, 0.3) is 0 Å². The van der Waals surface area contributed by atoms with Crippen LogP contribution in [0.4, 0.5) is 11.4 Å². The van der Waals surface area contributed by atoms with Crippen LogP contribution in [0.1, 0.15) is 17.0 Å². The van der Waals surface area contributed by atoms with Crippen molar-refractivity contribution < 1.29 is 4.79 Å². The predicted molar refractivity (Wildman–Crippen MR) is 96.1 cm³/mol. The molecule has 1 aromatic heterocycles. The second-order valence-corrected chi connectivity index (χ2v) is 6.02. The fourth-order valence-electron chi connectivity index (χ4n) is 2.36. The van der Waals surface area contributed by atoms with Crippen molar-refractivity contribution in [1.29, 1.82) is 0 Å². The van der Waals surface area contributed by atoms with Crippen molar-refractivity contribution in [3.63, 3.8) is 0 Å². The van der Waals surface area contributed by atoms with Crippen LogP contribution >= 0.6 is 11.6 Å². The van der Waals surface area contributed by atoms with E-state index in [4.69, 9.17) is 11.6 Å². The summed E-state index contributed by atoms with van der Waals surface area (Å²) in [5.74, 6) is -0.210. The monoisotopic (exact) mass is 332 g/mol. The minimum absolute atomic E-state index is 0.210. The van der Waals surface area contributed by atoms with Gasteiger partial charge in [0.1, 0.15) is 0 Å². The minimum atomic E-state index is -0.210. The van der Waals surface area contributed by atoms with Crippen molar-refractivity contribution >= 4 is 35.0 Å². The first-order valence-corrected chi connectivity index (χ1v) is 7.63. The fraction of sp³-hybridized carbons (Fsp3) is 0.294. The number of rotatable bonds is 4. The molecule has 0 radical (unpaired) electrons. The largest absolute Gasteiger partial charge is 0.376 e. The molecule has 5 nitrogen and oxygen atoms in total. The van der Waals surface area contributed by atoms with Crippen LogP contribution in [0.25, 0.3) is 6.08 Å². The van der Waals surface area contributed by atoms with Gasteiger partial charge in [-0.2, -0.15) is 5.10 Å². The summed E-state index contributed by atoms with van der Waals surface area (Å²) in [4.78, 5) is 14.1. The van der Waals surface area contributed by atoms with Gasteiger partial charge >= 0.3 is 0 Å². The lowest BCUT2D eigenvalue weighted by Crippen LogP contribution is -2.15. The molecule has 1 aromatic carbocycles. The summed E-state index contributed by atoms with van der Waals surface area (Å²) >= 11 is 6.02. The number of aryl methyl sites for hydroxylation is 2. The first-order chi connectivity index (χ1) is 10.8. The van der Waals surface area contributed by atoms with E-state index in [2.05, 4.69) is 10.4 Å². The van der Waals surface area contributed by atoms with Gasteiger partial charge in [0.05, 0.1) is 17.1 Å². The molecule has 0 bridgehead atoms. The number of hydrogen-bond acceptors (Lipinski definition) is 3. The summed E-state index contributed by atoms with van der Waals surface area (Å²) in [5.41, 5.74) is 4.44. The molecule has 0 aliphatic carbocycles. The Morgan fingerprint density at radius 3 is 2.61 bits per heavy atom. The Hall–Kier alpha value is -2.27. The second-order valence-electron chi connectivity index (χ2n) is 5.59. The number of aromatic nitrogens is 2. The number of carbonyl (C=O) groups excluding carboxylic acids is 1. The van der Waals surface area contributed by atoms with Crippen LogP contribution in [0.15, 0.2) is 24.3 Å². The van der Waals surface area contributed by atoms with Gasteiger partial charge in [-0.15, -0.1) is 0 Å². The van der Waals surface area contributed by atoms with Crippen LogP contribution in [0.5, 0.6) is 0 Å². The summed E-state index contributed by atoms with van der Waals surface area (Å²) in [6.45, 7) is 3.89. The highest BCUT2D eigenvalue weighted by Crippen LogP contribution is 2.27. The molecule has 0 saturated heterocycles. The number of nitrogens with one attached hydrogen (secondary N) is 1. The zero-order valence-corrected chi connectivity index (χ0v) is 14.8. The molecule has 0 aliphatic heterocycles. The van der Waals surface area contributed by atoms with Gasteiger partial charge in [-0.3, -0.25) is 9.48 Å². The SMILES string of the molecule is Cc1nn(C)c(C)c1C=CC(=O)Nc1cc(Cl)ccc1N(C)C. The molecule has 0 atom stereocenters. The second kappa shape index (κ2) is 6.87. The normalized spacial score (nSPS) is 11.0. The van der Waals surface area contributed by atoms with Gasteiger partial charge in [0.15, 0.2) is 0 Å². The number of benzene rings is 1. The van der Waals surface area contributed by atoms with Crippen molar-refractivity contribution in [3.05, 3.63) is 46.2 Å². The number of hydrogen-bond donors (Lipinski definition) is 1. The van der Waals surface area contributed by atoms with Crippen LogP contribution in [0.3, 0.4) is 0 Å². The third kappa shape index (κ3) is 3.93. The molecule has 2 aromatic rings. The molecule has 0 spiro atoms. The molecule has 0 unspecified atom stereocenters. The maximum absolute atomic E-state index is 12.2. The highest BCUT2D eigenvalue weighted by atomic mass is 35.5. The van der Waals surface area contributed by atoms with E-state index >= 15 is 0 Å². The van der Waals surface area contributed by atoms with Crippen LogP contribution < -0.4 is 10.2 Å². The number of halogens is 1. The molecule has 2 rings (SSSR count). The fourth-order valence-corrected chi connectivity index (χ4v) is 2.54. The van der Waals surface area contributed by atoms with Gasteiger partial charge in [0.2, 0.25) is 5.91 Å². The first kappa shape index (κ1) is 17.1. The van der Waals surface area contributed by atoms with Crippen LogP contribution in [0, 0.1) is 13.8 Å². The van der Waals surface area contributed by atoms with E-state index < -0.39 is 0 Å². The van der Waals surface area contributed by atoms with E-state index in [0.717, 1.165) is 22.6 Å². The maximum atomic E-state index is 12.2. The Morgan fingerprint density at radius 2 is 2.04 bits per heavy atom. The summed E-state index contributed by atoms with van der Waals surface area (Å²) < 4.78 is 1.80. The summed E-state index contributed by atoms with van der Waals surface area (Å²) in [6.07, 6.45) is 3.30. The molecule has 6 heteroatoms. The highest BCUT2D eigenvalue weighted by Gasteiger charge is 2.09. The molecular formula is C17H21ClN4O. The molecule has 1 N–H and O–H groups in total. The summed E-state index contributed by atoms with van der Waals surface area (Å²) in [5, 5.41) is 7.78. The third-order valence-electron chi connectivity index (χ3n) is 3.66. The minimum Gasteiger partial charge on any atom is -0.376 e. The van der Waals surface area contributed by atoms with E-state index in [1.54, 1.807) is 22.9 Å². The quantitative estimate of drug-likeness (QED) is 0.873. The van der Waals surface area contributed by atoms with Crippen LogP contribution in [-0.2, 0) is 11.8 Å². The smallest absolute Gasteiger partial charge is 0.248 e. The maximum Gasteiger partial charge on any atom is 0.248 e. The average molecular weight is 333 g/mol. The lowest BCUT2D eigenvalue weighted by molar-refractivity contribution is -0.111. The van der Waals surface area contributed by atoms with Crippen molar-refractivity contribution in [3.8, 4) is 0 Å². The van der Waals surface area contributed by atoms with Crippen LogP contribution in [-0.4, -0.2) is 29.8 Å². The van der Waals surface area contributed by atoms with E-state index in [0.29, 0.717) is 10.7 Å². The third-order valence-corrected chi connectivity index (χ3v) is 3.90. The standard InChI is InChI=1S/C17H21ClN4O/c1-11-14(12(2)22(5)20-11)7-9-17(23)19-15-10-13(18)6-8-16(15)21(3)4/h6-10H,1-5H3,(H,19,23). The first-order valence-electron chi connectivity index (χ1n) is 7.25. The van der Waals surface area contributed by atoms with Gasteiger partial charge in [-0.1, -0.05) is 11.6 Å². The summed E-state index contributed by atoms with van der Waals surface area (Å²) in [7, 11) is 5.71. The van der Waals surface area contributed by atoms with Crippen molar-refractivity contribution in [2.24, 2.45) is 7.05 Å². The Bertz CT molecular complexity index is 762. The zero-order valence-electron chi connectivity index (χ0n) is 14.0. The lowest BCUT2D eigenvalue weighted by atomic mass is 10.2. The molecule has 122 valence electrons. The van der Waals surface area contributed by atoms with Gasteiger partial charge in [-0.25, -0.2) is 0 Å². The van der Waals surface area contributed by atoms with E-state index in [1.165, 1.54) is 6.08 Å². The van der Waals surface area contributed by atoms with Gasteiger partial charge in [0, 0.05) is 43.5 Å². The van der Waals surface area contributed by atoms with Gasteiger partial charge < -0.3 is 10.2 Å². The van der Waals surface area contributed by atoms with Crippen LogP contribution in [0.2, 0.25) is 5.02 Å².